The highest BCUT2D eigenvalue weighted by atomic mass is 127. The fourth-order valence-corrected chi connectivity index (χ4v) is 15.9. The molecule has 16 aromatic carbocycles. The topological polar surface area (TPSA) is 77.5 Å². The summed E-state index contributed by atoms with van der Waals surface area (Å²) >= 11 is 8.56. The zero-order chi connectivity index (χ0) is 77.4. The summed E-state index contributed by atoms with van der Waals surface area (Å²) in [6, 6.07) is 131. The second-order valence-electron chi connectivity index (χ2n) is 29.4. The lowest BCUT2D eigenvalue weighted by Crippen LogP contribution is -2.41. The van der Waals surface area contributed by atoms with Crippen molar-refractivity contribution in [3.63, 3.8) is 0 Å². The number of anilines is 6. The van der Waals surface area contributed by atoms with Gasteiger partial charge >= 0.3 is 7.12 Å². The zero-order valence-corrected chi connectivity index (χ0v) is 66.4. The maximum atomic E-state index is 6.50. The van der Waals surface area contributed by atoms with Gasteiger partial charge in [-0.15, -0.1) is 0 Å². The summed E-state index contributed by atoms with van der Waals surface area (Å²) in [7, 11) is -0.423. The molecule has 1 fully saturated rings. The Bertz CT molecular complexity index is 6640. The van der Waals surface area contributed by atoms with E-state index in [2.05, 4.69) is 351 Å². The minimum absolute atomic E-state index is 0. The third-order valence-corrected chi connectivity index (χ3v) is 22.3. The molecule has 21 rings (SSSR count). The van der Waals surface area contributed by atoms with Gasteiger partial charge in [0.05, 0.1) is 16.2 Å². The Morgan fingerprint density at radius 1 is 0.252 bits per heavy atom. The average Bonchev–Trinajstić information content (AvgIpc) is 1.56. The lowest BCUT2D eigenvalue weighted by Gasteiger charge is -2.32. The van der Waals surface area contributed by atoms with Gasteiger partial charge in [0, 0.05) is 77.2 Å². The molecule has 1 aliphatic rings. The van der Waals surface area contributed by atoms with Crippen molar-refractivity contribution in [2.45, 2.75) is 46.3 Å². The van der Waals surface area contributed by atoms with Crippen molar-refractivity contribution in [1.82, 2.24) is 0 Å². The van der Waals surface area contributed by atoms with E-state index in [0.29, 0.717) is 5.02 Å². The fraction of sp³-hybridized carbons (Fsp3) is 0.0769. The number of halogens is 2. The molecule has 11 heteroatoms. The van der Waals surface area contributed by atoms with Gasteiger partial charge in [-0.05, 0) is 221 Å². The lowest BCUT2D eigenvalue weighted by atomic mass is 9.79. The lowest BCUT2D eigenvalue weighted by molar-refractivity contribution is 0.00578. The normalized spacial score (nSPS) is 12.8. The standard InChI is InChI=1S/C48H31NO2.C36H34BNO2.C18H9ClO2.CH3I.CH4/c1-3-11-32(12-4-1)34-21-25-37(26-22-34)49(38-27-23-35(24-28-38)33-13-5-2-6-14-33)39-16-9-15-36(31-39)40-18-10-20-43-46(40)48-45(51-43)30-29-44-47(48)41-17-7-8-19-42(41)50-44;1-35(2)36(3,4)40-37(39-35)31-16-11-17-34(26-31)38(32-22-18-29(19-23-32)27-12-7-5-8-13-27)33-24-20-30(21-25-33)28-14-9-6-10-15-28;19-11-5-3-7-13-17(11)18-15(21-13)9-8-14-16(18)10-4-1-2-6-12(10)20-14;1-2;/h1-31H;5-26H,1-4H3;1-9H;1H3;1H4. The first-order valence-corrected chi connectivity index (χ1v) is 40.8. The molecule has 0 radical (unpaired) electrons. The van der Waals surface area contributed by atoms with Gasteiger partial charge in [-0.2, -0.15) is 0 Å². The quantitative estimate of drug-likeness (QED) is 0.0680. The van der Waals surface area contributed by atoms with Crippen molar-refractivity contribution in [1.29, 1.82) is 0 Å². The second kappa shape index (κ2) is 32.1. The molecule has 20 aromatic rings. The van der Waals surface area contributed by atoms with Gasteiger partial charge in [0.25, 0.3) is 0 Å². The Morgan fingerprint density at radius 2 is 0.548 bits per heavy atom. The van der Waals surface area contributed by atoms with Crippen LogP contribution in [0.25, 0.3) is 143 Å². The van der Waals surface area contributed by atoms with Crippen molar-refractivity contribution < 1.29 is 27.0 Å². The van der Waals surface area contributed by atoms with Crippen molar-refractivity contribution in [3.8, 4) is 55.6 Å². The Balaban J connectivity index is 0.000000132. The number of alkyl halides is 1. The number of hydrogen-bond acceptors (Lipinski definition) is 8. The van der Waals surface area contributed by atoms with E-state index in [1.54, 1.807) is 0 Å². The second-order valence-corrected chi connectivity index (χ2v) is 29.8. The fourth-order valence-electron chi connectivity index (χ4n) is 15.7. The molecular formula is C104H81BClIN2O6. The summed E-state index contributed by atoms with van der Waals surface area (Å²) in [5.74, 6) is 0. The van der Waals surface area contributed by atoms with E-state index < -0.39 is 18.3 Å². The van der Waals surface area contributed by atoms with E-state index in [1.807, 2.05) is 89.9 Å². The highest BCUT2D eigenvalue weighted by molar-refractivity contribution is 14.1. The average molecular weight is 1630 g/mol. The number of hydrogen-bond donors (Lipinski definition) is 0. The van der Waals surface area contributed by atoms with Gasteiger partial charge in [-0.25, -0.2) is 0 Å². The molecule has 1 aliphatic heterocycles. The number of para-hydroxylation sites is 2. The van der Waals surface area contributed by atoms with E-state index >= 15 is 0 Å². The van der Waals surface area contributed by atoms with Crippen LogP contribution in [0.15, 0.2) is 394 Å². The van der Waals surface area contributed by atoms with Gasteiger partial charge < -0.3 is 36.8 Å². The number of furan rings is 4. The third kappa shape index (κ3) is 14.5. The predicted molar refractivity (Wildman–Crippen MR) is 492 cm³/mol. The molecule has 0 saturated carbocycles. The molecular weight excluding hydrogens is 1550 g/mol. The highest BCUT2D eigenvalue weighted by Crippen LogP contribution is 2.48. The van der Waals surface area contributed by atoms with E-state index in [4.69, 9.17) is 38.6 Å². The first-order valence-electron chi connectivity index (χ1n) is 38.2. The SMILES string of the molecule is C.CC1(C)OB(c2cccc(N(c3ccc(-c4ccccc4)cc3)c3ccc(-c4ccccc4)cc3)c2)OC1(C)C.CI.Clc1cccc2oc3ccc4oc5ccccc5c4c3c12.c1ccc(-c2ccc(N(c3ccc(-c4ccccc4)cc3)c3cccc(-c4cccc5oc6ccc7oc8ccccc8c7c6c45)c3)cc2)cc1. The smallest absolute Gasteiger partial charge is 0.456 e. The van der Waals surface area contributed by atoms with Crippen LogP contribution in [0.5, 0.6) is 0 Å². The van der Waals surface area contributed by atoms with E-state index in [1.165, 1.54) is 44.5 Å². The number of rotatable bonds is 12. The molecule has 0 bridgehead atoms. The maximum absolute atomic E-state index is 6.50. The first kappa shape index (κ1) is 75.0. The van der Waals surface area contributed by atoms with Gasteiger partial charge in [0.2, 0.25) is 0 Å². The summed E-state index contributed by atoms with van der Waals surface area (Å²) in [6.45, 7) is 8.36. The minimum atomic E-state index is -0.423. The van der Waals surface area contributed by atoms with Crippen LogP contribution in [-0.2, 0) is 9.31 Å². The van der Waals surface area contributed by atoms with Crippen LogP contribution in [0, 0.1) is 0 Å². The molecule has 4 aromatic heterocycles. The molecule has 0 unspecified atom stereocenters. The molecule has 5 heterocycles. The van der Waals surface area contributed by atoms with E-state index in [-0.39, 0.29) is 7.43 Å². The van der Waals surface area contributed by atoms with Gasteiger partial charge in [0.15, 0.2) is 0 Å². The molecule has 115 heavy (non-hydrogen) atoms. The van der Waals surface area contributed by atoms with Crippen molar-refractivity contribution in [2.24, 2.45) is 0 Å². The Morgan fingerprint density at radius 3 is 0.965 bits per heavy atom. The van der Waals surface area contributed by atoms with Crippen molar-refractivity contribution in [2.75, 3.05) is 14.7 Å². The summed E-state index contributed by atoms with van der Waals surface area (Å²) in [5.41, 5.74) is 25.2. The van der Waals surface area contributed by atoms with Crippen LogP contribution in [0.4, 0.5) is 34.1 Å². The number of benzene rings is 16. The number of fused-ring (bicyclic) bond motifs is 14. The van der Waals surface area contributed by atoms with Gasteiger partial charge in [-0.3, -0.25) is 0 Å². The monoisotopic (exact) mass is 1630 g/mol. The molecule has 0 amide bonds. The van der Waals surface area contributed by atoms with Crippen molar-refractivity contribution >= 4 is 169 Å². The van der Waals surface area contributed by atoms with Gasteiger partial charge in [-0.1, -0.05) is 290 Å². The molecule has 560 valence electrons. The Kier molecular flexibility index (Phi) is 20.9. The summed E-state index contributed by atoms with van der Waals surface area (Å²) in [6.07, 6.45) is 0. The zero-order valence-electron chi connectivity index (χ0n) is 63.5. The van der Waals surface area contributed by atoms with Crippen LogP contribution >= 0.6 is 34.2 Å². The molecule has 0 N–H and O–H groups in total. The van der Waals surface area contributed by atoms with Crippen LogP contribution in [0.2, 0.25) is 5.02 Å². The molecule has 0 aliphatic carbocycles. The molecule has 0 atom stereocenters. The molecule has 0 spiro atoms. The Labute approximate surface area is 688 Å². The summed E-state index contributed by atoms with van der Waals surface area (Å²) in [4.78, 5) is 6.60. The summed E-state index contributed by atoms with van der Waals surface area (Å²) in [5, 5.41) is 9.17. The van der Waals surface area contributed by atoms with E-state index in [0.717, 1.165) is 138 Å². The van der Waals surface area contributed by atoms with Crippen LogP contribution in [0.1, 0.15) is 35.1 Å². The number of nitrogens with zero attached hydrogens (tertiary/aromatic N) is 2. The third-order valence-electron chi connectivity index (χ3n) is 22.0. The molecule has 1 saturated heterocycles. The van der Waals surface area contributed by atoms with E-state index in [9.17, 15) is 0 Å². The Hall–Kier alpha value is -12.7. The van der Waals surface area contributed by atoms with Crippen LogP contribution in [-0.4, -0.2) is 23.3 Å². The maximum Gasteiger partial charge on any atom is 0.494 e. The van der Waals surface area contributed by atoms with Crippen LogP contribution in [0.3, 0.4) is 0 Å². The highest BCUT2D eigenvalue weighted by Gasteiger charge is 2.52. The summed E-state index contributed by atoms with van der Waals surface area (Å²) < 4.78 is 37.4. The predicted octanol–water partition coefficient (Wildman–Crippen LogP) is 30.6. The molecule has 8 nitrogen and oxygen atoms in total. The van der Waals surface area contributed by atoms with Gasteiger partial charge in [0.1, 0.15) is 44.7 Å². The van der Waals surface area contributed by atoms with Crippen LogP contribution < -0.4 is 15.3 Å². The minimum Gasteiger partial charge on any atom is -0.456 e. The first-order chi connectivity index (χ1) is 55.9. The largest absolute Gasteiger partial charge is 0.494 e. The van der Waals surface area contributed by atoms with Crippen molar-refractivity contribution in [3.05, 3.63) is 381 Å².